The summed E-state index contributed by atoms with van der Waals surface area (Å²) in [6.45, 7) is 5.79. The summed E-state index contributed by atoms with van der Waals surface area (Å²) in [5.41, 5.74) is 1.45. The van der Waals surface area contributed by atoms with E-state index in [2.05, 4.69) is 42.2 Å². The van der Waals surface area contributed by atoms with Gasteiger partial charge in [-0.1, -0.05) is 37.3 Å². The highest BCUT2D eigenvalue weighted by atomic mass is 16.3. The summed E-state index contributed by atoms with van der Waals surface area (Å²) in [6.07, 6.45) is 2.78. The Hall–Kier alpha value is -1.35. The van der Waals surface area contributed by atoms with E-state index in [9.17, 15) is 0 Å². The second kappa shape index (κ2) is 7.85. The van der Waals surface area contributed by atoms with Gasteiger partial charge in [-0.3, -0.25) is 9.69 Å². The van der Waals surface area contributed by atoms with Crippen LogP contribution in [-0.4, -0.2) is 29.6 Å². The molecule has 1 saturated heterocycles. The summed E-state index contributed by atoms with van der Waals surface area (Å²) in [5, 5.41) is 6.89. The standard InChI is InChI=1S/C13H19N.CH2O2/c1-12-6-5-9-14(10-12)11-13-7-3-2-4-8-13;2-1-3/h2-4,7-8,12H,5-6,9-11H2,1H3;1H,(H,2,3). The molecule has 1 aromatic carbocycles. The highest BCUT2D eigenvalue weighted by molar-refractivity contribution is 5.32. The number of hydrogen-bond donors (Lipinski definition) is 1. The quantitative estimate of drug-likeness (QED) is 0.801. The molecule has 1 fully saturated rings. The monoisotopic (exact) mass is 235 g/mol. The van der Waals surface area contributed by atoms with Gasteiger partial charge in [-0.2, -0.15) is 0 Å². The van der Waals surface area contributed by atoms with Crippen molar-refractivity contribution in [2.75, 3.05) is 13.1 Å². The van der Waals surface area contributed by atoms with Gasteiger partial charge < -0.3 is 5.11 Å². The molecule has 17 heavy (non-hydrogen) atoms. The molecule has 0 saturated carbocycles. The maximum absolute atomic E-state index is 8.36. The zero-order valence-corrected chi connectivity index (χ0v) is 10.4. The number of benzene rings is 1. The fourth-order valence-electron chi connectivity index (χ4n) is 2.27. The fraction of sp³-hybridized carbons (Fsp3) is 0.500. The minimum atomic E-state index is -0.250. The molecular formula is C14H21NO2. The van der Waals surface area contributed by atoms with Gasteiger partial charge in [0.05, 0.1) is 0 Å². The number of likely N-dealkylation sites (tertiary alicyclic amines) is 1. The molecule has 0 amide bonds. The van der Waals surface area contributed by atoms with Crippen molar-refractivity contribution in [3.63, 3.8) is 0 Å². The zero-order chi connectivity index (χ0) is 12.5. The van der Waals surface area contributed by atoms with Crippen LogP contribution >= 0.6 is 0 Å². The SMILES string of the molecule is CC1CCCN(Cc2ccccc2)C1.O=CO. The van der Waals surface area contributed by atoms with E-state index in [-0.39, 0.29) is 6.47 Å². The summed E-state index contributed by atoms with van der Waals surface area (Å²) < 4.78 is 0. The van der Waals surface area contributed by atoms with Crippen LogP contribution in [0.2, 0.25) is 0 Å². The Labute approximate surface area is 103 Å². The molecular weight excluding hydrogens is 214 g/mol. The van der Waals surface area contributed by atoms with Crippen molar-refractivity contribution in [2.24, 2.45) is 5.92 Å². The Morgan fingerprint density at radius 3 is 2.65 bits per heavy atom. The number of carboxylic acid groups (broad SMARTS) is 1. The van der Waals surface area contributed by atoms with Gasteiger partial charge in [-0.05, 0) is 30.9 Å². The summed E-state index contributed by atoms with van der Waals surface area (Å²) in [4.78, 5) is 10.9. The molecule has 3 nitrogen and oxygen atoms in total. The summed E-state index contributed by atoms with van der Waals surface area (Å²) in [5.74, 6) is 0.882. The fourth-order valence-corrected chi connectivity index (χ4v) is 2.27. The predicted molar refractivity (Wildman–Crippen MR) is 68.8 cm³/mol. The van der Waals surface area contributed by atoms with Crippen LogP contribution < -0.4 is 0 Å². The van der Waals surface area contributed by atoms with E-state index in [1.165, 1.54) is 31.5 Å². The van der Waals surface area contributed by atoms with Gasteiger partial charge in [0.25, 0.3) is 6.47 Å². The van der Waals surface area contributed by atoms with Crippen molar-refractivity contribution in [1.29, 1.82) is 0 Å². The molecule has 0 radical (unpaired) electrons. The Kier molecular flexibility index (Phi) is 6.33. The highest BCUT2D eigenvalue weighted by Crippen LogP contribution is 2.17. The van der Waals surface area contributed by atoms with E-state index in [0.29, 0.717) is 0 Å². The Morgan fingerprint density at radius 2 is 2.06 bits per heavy atom. The maximum Gasteiger partial charge on any atom is 0.290 e. The van der Waals surface area contributed by atoms with Crippen molar-refractivity contribution < 1.29 is 9.90 Å². The lowest BCUT2D eigenvalue weighted by Crippen LogP contribution is -2.33. The molecule has 3 heteroatoms. The van der Waals surface area contributed by atoms with E-state index < -0.39 is 0 Å². The van der Waals surface area contributed by atoms with Crippen molar-refractivity contribution in [3.05, 3.63) is 35.9 Å². The number of piperidine rings is 1. The van der Waals surface area contributed by atoms with Crippen molar-refractivity contribution in [3.8, 4) is 0 Å². The van der Waals surface area contributed by atoms with E-state index in [1.807, 2.05) is 0 Å². The molecule has 0 spiro atoms. The van der Waals surface area contributed by atoms with Gasteiger partial charge in [0.1, 0.15) is 0 Å². The molecule has 1 N–H and O–H groups in total. The van der Waals surface area contributed by atoms with Gasteiger partial charge >= 0.3 is 0 Å². The van der Waals surface area contributed by atoms with E-state index in [0.717, 1.165) is 12.5 Å². The molecule has 1 aromatic rings. The maximum atomic E-state index is 8.36. The minimum Gasteiger partial charge on any atom is -0.483 e. The molecule has 1 heterocycles. The molecule has 0 aliphatic carbocycles. The highest BCUT2D eigenvalue weighted by Gasteiger charge is 2.15. The number of nitrogens with zero attached hydrogens (tertiary/aromatic N) is 1. The third kappa shape index (κ3) is 5.50. The summed E-state index contributed by atoms with van der Waals surface area (Å²) >= 11 is 0. The predicted octanol–water partition coefficient (Wildman–Crippen LogP) is 2.62. The number of hydrogen-bond acceptors (Lipinski definition) is 2. The van der Waals surface area contributed by atoms with Crippen LogP contribution in [0.25, 0.3) is 0 Å². The van der Waals surface area contributed by atoms with Crippen LogP contribution in [-0.2, 0) is 11.3 Å². The molecule has 1 aliphatic heterocycles. The second-order valence-corrected chi connectivity index (χ2v) is 4.57. The molecule has 0 bridgehead atoms. The summed E-state index contributed by atoms with van der Waals surface area (Å²) in [7, 11) is 0. The smallest absolute Gasteiger partial charge is 0.290 e. The first-order valence-corrected chi connectivity index (χ1v) is 6.10. The van der Waals surface area contributed by atoms with Gasteiger partial charge in [-0.15, -0.1) is 0 Å². The van der Waals surface area contributed by atoms with Crippen LogP contribution in [0.5, 0.6) is 0 Å². The average Bonchev–Trinajstić information content (AvgIpc) is 2.31. The second-order valence-electron chi connectivity index (χ2n) is 4.57. The lowest BCUT2D eigenvalue weighted by molar-refractivity contribution is -0.122. The Bertz CT molecular complexity index is 313. The lowest BCUT2D eigenvalue weighted by Gasteiger charge is -2.30. The molecule has 0 aromatic heterocycles. The van der Waals surface area contributed by atoms with Crippen LogP contribution in [0, 0.1) is 5.92 Å². The van der Waals surface area contributed by atoms with Crippen molar-refractivity contribution in [2.45, 2.75) is 26.3 Å². The van der Waals surface area contributed by atoms with Crippen molar-refractivity contribution >= 4 is 6.47 Å². The molecule has 1 unspecified atom stereocenters. The first kappa shape index (κ1) is 13.7. The molecule has 1 atom stereocenters. The normalized spacial score (nSPS) is 20.2. The Morgan fingerprint density at radius 1 is 1.41 bits per heavy atom. The first-order chi connectivity index (χ1) is 8.26. The Balaban J connectivity index is 0.000000437. The van der Waals surface area contributed by atoms with Gasteiger partial charge in [-0.25, -0.2) is 0 Å². The largest absolute Gasteiger partial charge is 0.483 e. The van der Waals surface area contributed by atoms with Crippen LogP contribution in [0.15, 0.2) is 30.3 Å². The number of carbonyl (C=O) groups is 1. The van der Waals surface area contributed by atoms with Gasteiger partial charge in [0.15, 0.2) is 0 Å². The first-order valence-electron chi connectivity index (χ1n) is 6.10. The third-order valence-corrected chi connectivity index (χ3v) is 2.99. The zero-order valence-electron chi connectivity index (χ0n) is 10.4. The number of rotatable bonds is 2. The molecule has 94 valence electrons. The lowest BCUT2D eigenvalue weighted by atomic mass is 10.00. The van der Waals surface area contributed by atoms with E-state index in [4.69, 9.17) is 9.90 Å². The van der Waals surface area contributed by atoms with Crippen molar-refractivity contribution in [1.82, 2.24) is 4.90 Å². The van der Waals surface area contributed by atoms with E-state index >= 15 is 0 Å². The van der Waals surface area contributed by atoms with E-state index in [1.54, 1.807) is 0 Å². The van der Waals surface area contributed by atoms with Crippen LogP contribution in [0.4, 0.5) is 0 Å². The van der Waals surface area contributed by atoms with Gasteiger partial charge in [0, 0.05) is 13.1 Å². The van der Waals surface area contributed by atoms with Gasteiger partial charge in [0.2, 0.25) is 0 Å². The minimum absolute atomic E-state index is 0.250. The topological polar surface area (TPSA) is 40.5 Å². The van der Waals surface area contributed by atoms with Crippen LogP contribution in [0.1, 0.15) is 25.3 Å². The average molecular weight is 235 g/mol. The molecule has 1 aliphatic rings. The molecule has 2 rings (SSSR count). The third-order valence-electron chi connectivity index (χ3n) is 2.99. The van der Waals surface area contributed by atoms with Crippen LogP contribution in [0.3, 0.4) is 0 Å². The summed E-state index contributed by atoms with van der Waals surface area (Å²) in [6, 6.07) is 10.8.